The van der Waals surface area contributed by atoms with Gasteiger partial charge in [0, 0.05) is 12.1 Å². The van der Waals surface area contributed by atoms with Crippen molar-refractivity contribution < 1.29 is 4.79 Å². The van der Waals surface area contributed by atoms with Crippen molar-refractivity contribution in [3.05, 3.63) is 36.7 Å². The smallest absolute Gasteiger partial charge is 0.224 e. The number of hydrogen-bond acceptors (Lipinski definition) is 4. The van der Waals surface area contributed by atoms with E-state index >= 15 is 0 Å². The van der Waals surface area contributed by atoms with Crippen molar-refractivity contribution in [3.63, 3.8) is 0 Å². The Balaban J connectivity index is 1.51. The highest BCUT2D eigenvalue weighted by Gasteiger charge is 2.15. The molecule has 1 aliphatic heterocycles. The maximum atomic E-state index is 11.9. The molecule has 1 saturated heterocycles. The summed E-state index contributed by atoms with van der Waals surface area (Å²) in [7, 11) is 0. The number of carbonyl (C=O) groups excluding carboxylic acids is 1. The molecule has 2 aromatic rings. The van der Waals surface area contributed by atoms with Gasteiger partial charge in [0.15, 0.2) is 0 Å². The molecule has 0 aliphatic carbocycles. The minimum atomic E-state index is 0.0791. The highest BCUT2D eigenvalue weighted by Crippen LogP contribution is 2.16. The molecule has 6 heteroatoms. The summed E-state index contributed by atoms with van der Waals surface area (Å²) in [5.74, 6) is 0.723. The average Bonchev–Trinajstić information content (AvgIpc) is 3.19. The van der Waals surface area contributed by atoms with Crippen molar-refractivity contribution in [1.29, 1.82) is 0 Å². The molecule has 110 valence electrons. The molecule has 0 bridgehead atoms. The van der Waals surface area contributed by atoms with E-state index in [4.69, 9.17) is 0 Å². The average molecular weight is 285 g/mol. The number of hydrogen-bond donors (Lipinski definition) is 2. The fourth-order valence-electron chi connectivity index (χ4n) is 2.56. The van der Waals surface area contributed by atoms with E-state index in [0.29, 0.717) is 12.3 Å². The van der Waals surface area contributed by atoms with Gasteiger partial charge in [-0.15, -0.1) is 5.10 Å². The fourth-order valence-corrected chi connectivity index (χ4v) is 2.56. The Labute approximate surface area is 123 Å². The zero-order valence-corrected chi connectivity index (χ0v) is 11.8. The quantitative estimate of drug-likeness (QED) is 0.875. The van der Waals surface area contributed by atoms with Gasteiger partial charge >= 0.3 is 0 Å². The van der Waals surface area contributed by atoms with Gasteiger partial charge in [-0.1, -0.05) is 5.21 Å². The molecule has 1 fully saturated rings. The Hall–Kier alpha value is -2.21. The molecule has 1 aliphatic rings. The summed E-state index contributed by atoms with van der Waals surface area (Å²) >= 11 is 0. The first-order valence-electron chi connectivity index (χ1n) is 7.28. The highest BCUT2D eigenvalue weighted by molar-refractivity contribution is 5.90. The number of rotatable bonds is 5. The van der Waals surface area contributed by atoms with Crippen molar-refractivity contribution in [3.8, 4) is 5.69 Å². The van der Waals surface area contributed by atoms with Crippen molar-refractivity contribution in [1.82, 2.24) is 20.3 Å². The Morgan fingerprint density at radius 3 is 2.90 bits per heavy atom. The number of nitrogens with zero attached hydrogens (tertiary/aromatic N) is 3. The first-order chi connectivity index (χ1) is 10.3. The third-order valence-corrected chi connectivity index (χ3v) is 3.78. The molecule has 6 nitrogen and oxygen atoms in total. The number of amides is 1. The van der Waals surface area contributed by atoms with Crippen LogP contribution in [0.15, 0.2) is 36.7 Å². The standard InChI is InChI=1S/C15H19N5O/c21-15(6-1-12-7-8-16-11-12)18-13-2-4-14(5-3-13)20-10-9-17-19-20/h2-5,9-10,12,16H,1,6-8,11H2,(H,18,21). The first-order valence-corrected chi connectivity index (χ1v) is 7.28. The van der Waals surface area contributed by atoms with Crippen LogP contribution in [0.2, 0.25) is 0 Å². The molecule has 1 unspecified atom stereocenters. The minimum absolute atomic E-state index is 0.0791. The molecule has 21 heavy (non-hydrogen) atoms. The number of benzene rings is 1. The van der Waals surface area contributed by atoms with E-state index in [9.17, 15) is 4.79 Å². The van der Waals surface area contributed by atoms with Crippen LogP contribution in [-0.4, -0.2) is 34.0 Å². The lowest BCUT2D eigenvalue weighted by Crippen LogP contribution is -2.15. The molecule has 1 amide bonds. The van der Waals surface area contributed by atoms with Crippen molar-refractivity contribution in [2.24, 2.45) is 5.92 Å². The van der Waals surface area contributed by atoms with Gasteiger partial charge in [-0.05, 0) is 56.1 Å². The molecule has 2 heterocycles. The second-order valence-electron chi connectivity index (χ2n) is 5.34. The second-order valence-corrected chi connectivity index (χ2v) is 5.34. The summed E-state index contributed by atoms with van der Waals surface area (Å²) in [5.41, 5.74) is 1.73. The van der Waals surface area contributed by atoms with E-state index in [1.165, 1.54) is 6.42 Å². The van der Waals surface area contributed by atoms with Gasteiger partial charge in [-0.2, -0.15) is 0 Å². The van der Waals surface area contributed by atoms with Crippen LogP contribution in [-0.2, 0) is 4.79 Å². The molecule has 1 aromatic heterocycles. The molecule has 2 N–H and O–H groups in total. The van der Waals surface area contributed by atoms with Crippen LogP contribution in [0.3, 0.4) is 0 Å². The largest absolute Gasteiger partial charge is 0.326 e. The summed E-state index contributed by atoms with van der Waals surface area (Å²) in [6.45, 7) is 2.12. The van der Waals surface area contributed by atoms with Crippen LogP contribution in [0, 0.1) is 5.92 Å². The van der Waals surface area contributed by atoms with Crippen LogP contribution in [0.5, 0.6) is 0 Å². The third-order valence-electron chi connectivity index (χ3n) is 3.78. The molecule has 3 rings (SSSR count). The molecule has 0 spiro atoms. The normalized spacial score (nSPS) is 17.8. The summed E-state index contributed by atoms with van der Waals surface area (Å²) in [4.78, 5) is 11.9. The minimum Gasteiger partial charge on any atom is -0.326 e. The van der Waals surface area contributed by atoms with Gasteiger partial charge < -0.3 is 10.6 Å². The SMILES string of the molecule is O=C(CCC1CCNC1)Nc1ccc(-n2ccnn2)cc1. The Kier molecular flexibility index (Phi) is 4.25. The molecule has 0 saturated carbocycles. The Morgan fingerprint density at radius 1 is 1.38 bits per heavy atom. The maximum Gasteiger partial charge on any atom is 0.224 e. The molecule has 1 aromatic carbocycles. The molecule has 0 radical (unpaired) electrons. The number of aromatic nitrogens is 3. The summed E-state index contributed by atoms with van der Waals surface area (Å²) in [6.07, 6.45) is 6.13. The predicted molar refractivity (Wildman–Crippen MR) is 80.2 cm³/mol. The van der Waals surface area contributed by atoms with Gasteiger partial charge in [0.2, 0.25) is 5.91 Å². The second kappa shape index (κ2) is 6.49. The number of anilines is 1. The van der Waals surface area contributed by atoms with Gasteiger partial charge in [0.25, 0.3) is 0 Å². The fraction of sp³-hybridized carbons (Fsp3) is 0.400. The molecular weight excluding hydrogens is 266 g/mol. The number of nitrogens with one attached hydrogen (secondary N) is 2. The lowest BCUT2D eigenvalue weighted by atomic mass is 10.0. The maximum absolute atomic E-state index is 11.9. The van der Waals surface area contributed by atoms with E-state index in [0.717, 1.165) is 30.9 Å². The summed E-state index contributed by atoms with van der Waals surface area (Å²) in [5, 5.41) is 13.9. The summed E-state index contributed by atoms with van der Waals surface area (Å²) < 4.78 is 1.68. The van der Waals surface area contributed by atoms with Crippen LogP contribution >= 0.6 is 0 Å². The van der Waals surface area contributed by atoms with Crippen LogP contribution in [0.4, 0.5) is 5.69 Å². The monoisotopic (exact) mass is 285 g/mol. The molecular formula is C15H19N5O. The molecule has 1 atom stereocenters. The van der Waals surface area contributed by atoms with Crippen LogP contribution in [0.25, 0.3) is 5.69 Å². The van der Waals surface area contributed by atoms with E-state index in [1.54, 1.807) is 17.1 Å². The van der Waals surface area contributed by atoms with E-state index < -0.39 is 0 Å². The van der Waals surface area contributed by atoms with Gasteiger partial charge in [0.05, 0.1) is 18.1 Å². The lowest BCUT2D eigenvalue weighted by Gasteiger charge is -2.09. The van der Waals surface area contributed by atoms with Gasteiger partial charge in [-0.25, -0.2) is 4.68 Å². The van der Waals surface area contributed by atoms with Crippen molar-refractivity contribution in [2.75, 3.05) is 18.4 Å². The van der Waals surface area contributed by atoms with Crippen LogP contribution in [0.1, 0.15) is 19.3 Å². The van der Waals surface area contributed by atoms with E-state index in [2.05, 4.69) is 20.9 Å². The zero-order valence-electron chi connectivity index (χ0n) is 11.8. The predicted octanol–water partition coefficient (Wildman–Crippen LogP) is 1.60. The van der Waals surface area contributed by atoms with Crippen molar-refractivity contribution >= 4 is 11.6 Å². The Morgan fingerprint density at radius 2 is 2.24 bits per heavy atom. The zero-order chi connectivity index (χ0) is 14.5. The van der Waals surface area contributed by atoms with E-state index in [1.807, 2.05) is 24.3 Å². The van der Waals surface area contributed by atoms with Gasteiger partial charge in [-0.3, -0.25) is 4.79 Å². The van der Waals surface area contributed by atoms with Crippen molar-refractivity contribution in [2.45, 2.75) is 19.3 Å². The third kappa shape index (κ3) is 3.66. The topological polar surface area (TPSA) is 71.8 Å². The first kappa shape index (κ1) is 13.8. The Bertz CT molecular complexity index is 573. The number of carbonyl (C=O) groups is 1. The van der Waals surface area contributed by atoms with E-state index in [-0.39, 0.29) is 5.91 Å². The highest BCUT2D eigenvalue weighted by atomic mass is 16.1. The van der Waals surface area contributed by atoms with Crippen LogP contribution < -0.4 is 10.6 Å². The summed E-state index contributed by atoms with van der Waals surface area (Å²) in [6, 6.07) is 7.58. The lowest BCUT2D eigenvalue weighted by molar-refractivity contribution is -0.116. The van der Waals surface area contributed by atoms with Gasteiger partial charge in [0.1, 0.15) is 0 Å².